The number of amides is 2. The first-order chi connectivity index (χ1) is 15.9. The van der Waals surface area contributed by atoms with Crippen LogP contribution in [0.4, 0.5) is 0 Å². The molecule has 1 aliphatic heterocycles. The summed E-state index contributed by atoms with van der Waals surface area (Å²) < 4.78 is 5.85. The first-order valence-corrected chi connectivity index (χ1v) is 12.3. The zero-order valence-corrected chi connectivity index (χ0v) is 20.1. The average Bonchev–Trinajstić information content (AvgIpc) is 3.35. The summed E-state index contributed by atoms with van der Waals surface area (Å²) in [7, 11) is 0. The van der Waals surface area contributed by atoms with Gasteiger partial charge in [-0.1, -0.05) is 62.6 Å². The predicted molar refractivity (Wildman–Crippen MR) is 130 cm³/mol. The molecule has 2 aromatic carbocycles. The maximum Gasteiger partial charge on any atom is 0.257 e. The van der Waals surface area contributed by atoms with E-state index in [2.05, 4.69) is 61.3 Å². The quantitative estimate of drug-likeness (QED) is 0.661. The van der Waals surface area contributed by atoms with Gasteiger partial charge in [-0.15, -0.1) is 0 Å². The second-order valence-electron chi connectivity index (χ2n) is 9.93. The molecule has 0 spiro atoms. The van der Waals surface area contributed by atoms with E-state index in [0.717, 1.165) is 49.8 Å². The summed E-state index contributed by atoms with van der Waals surface area (Å²) in [5, 5.41) is 2.89. The van der Waals surface area contributed by atoms with Crippen molar-refractivity contribution in [3.63, 3.8) is 0 Å². The monoisotopic (exact) mass is 448 g/mol. The first kappa shape index (κ1) is 23.3. The van der Waals surface area contributed by atoms with Crippen molar-refractivity contribution in [1.82, 2.24) is 10.2 Å². The lowest BCUT2D eigenvalue weighted by atomic mass is 9.86. The van der Waals surface area contributed by atoms with Crippen molar-refractivity contribution in [2.75, 3.05) is 19.7 Å². The summed E-state index contributed by atoms with van der Waals surface area (Å²) in [6.07, 6.45) is 5.12. The molecule has 1 atom stereocenters. The molecule has 5 heteroatoms. The van der Waals surface area contributed by atoms with E-state index in [1.165, 1.54) is 11.1 Å². The first-order valence-electron chi connectivity index (χ1n) is 12.3. The molecule has 0 saturated heterocycles. The van der Waals surface area contributed by atoms with Crippen molar-refractivity contribution >= 4 is 11.8 Å². The Kier molecular flexibility index (Phi) is 7.36. The smallest absolute Gasteiger partial charge is 0.257 e. The molecule has 1 heterocycles. The molecule has 4 rings (SSSR count). The average molecular weight is 449 g/mol. The lowest BCUT2D eigenvalue weighted by Crippen LogP contribution is -2.43. The van der Waals surface area contributed by atoms with Crippen molar-refractivity contribution in [3.8, 4) is 5.75 Å². The molecule has 0 aromatic heterocycles. The third-order valence-corrected chi connectivity index (χ3v) is 6.77. The van der Waals surface area contributed by atoms with E-state index in [1.54, 1.807) is 0 Å². The molecule has 1 N–H and O–H groups in total. The van der Waals surface area contributed by atoms with Gasteiger partial charge < -0.3 is 15.0 Å². The van der Waals surface area contributed by atoms with Gasteiger partial charge in [-0.3, -0.25) is 9.59 Å². The van der Waals surface area contributed by atoms with E-state index in [-0.39, 0.29) is 30.4 Å². The number of hydrogen-bond donors (Lipinski definition) is 1. The fraction of sp³-hybridized carbons (Fsp3) is 0.500. The normalized spacial score (nSPS) is 18.3. The Morgan fingerprint density at radius 2 is 1.91 bits per heavy atom. The minimum Gasteiger partial charge on any atom is -0.484 e. The highest BCUT2D eigenvalue weighted by atomic mass is 16.5. The van der Waals surface area contributed by atoms with E-state index < -0.39 is 0 Å². The van der Waals surface area contributed by atoms with E-state index in [9.17, 15) is 9.59 Å². The summed E-state index contributed by atoms with van der Waals surface area (Å²) >= 11 is 0. The van der Waals surface area contributed by atoms with E-state index in [4.69, 9.17) is 4.74 Å². The molecule has 2 amide bonds. The Morgan fingerprint density at radius 1 is 1.12 bits per heavy atom. The van der Waals surface area contributed by atoms with E-state index >= 15 is 0 Å². The summed E-state index contributed by atoms with van der Waals surface area (Å²) in [4.78, 5) is 27.8. The fourth-order valence-electron chi connectivity index (χ4n) is 5.05. The molecule has 0 bridgehead atoms. The van der Waals surface area contributed by atoms with Gasteiger partial charge in [-0.2, -0.15) is 0 Å². The molecular formula is C28H36N2O3. The zero-order chi connectivity index (χ0) is 23.4. The topological polar surface area (TPSA) is 58.6 Å². The van der Waals surface area contributed by atoms with Crippen LogP contribution in [0.15, 0.2) is 42.5 Å². The van der Waals surface area contributed by atoms with Crippen molar-refractivity contribution in [3.05, 3.63) is 64.7 Å². The van der Waals surface area contributed by atoms with Gasteiger partial charge in [0.1, 0.15) is 5.75 Å². The standard InChI is InChI=1S/C28H36N2O3/c1-19(2)17-29-26(31)18-33-24-12-11-21-13-14-30(28(32)22-8-4-5-9-22)27(25(21)16-24)23-10-6-7-20(3)15-23/h6-7,10-12,15-16,19,22,27H,4-5,8-9,13-14,17-18H2,1-3H3,(H,29,31). The van der Waals surface area contributed by atoms with E-state index in [1.807, 2.05) is 12.1 Å². The predicted octanol–water partition coefficient (Wildman–Crippen LogP) is 4.81. The molecule has 5 nitrogen and oxygen atoms in total. The molecule has 176 valence electrons. The Labute approximate surface area is 197 Å². The van der Waals surface area contributed by atoms with E-state index in [0.29, 0.717) is 18.2 Å². The number of nitrogens with one attached hydrogen (secondary N) is 1. The molecule has 1 aliphatic carbocycles. The van der Waals surface area contributed by atoms with Crippen LogP contribution in [0.2, 0.25) is 0 Å². The second-order valence-corrected chi connectivity index (χ2v) is 9.93. The number of nitrogens with zero attached hydrogens (tertiary/aromatic N) is 1. The molecule has 1 fully saturated rings. The molecular weight excluding hydrogens is 412 g/mol. The molecule has 2 aromatic rings. The number of fused-ring (bicyclic) bond motifs is 1. The Hall–Kier alpha value is -2.82. The number of ether oxygens (including phenoxy) is 1. The maximum absolute atomic E-state index is 13.5. The van der Waals surface area contributed by atoms with Gasteiger partial charge in [0.05, 0.1) is 6.04 Å². The minimum absolute atomic E-state index is 0.00859. The van der Waals surface area contributed by atoms with Gasteiger partial charge in [0.15, 0.2) is 6.61 Å². The maximum atomic E-state index is 13.5. The summed E-state index contributed by atoms with van der Waals surface area (Å²) in [5.74, 6) is 1.37. The summed E-state index contributed by atoms with van der Waals surface area (Å²) in [6.45, 7) is 7.58. The number of rotatable bonds is 7. The third-order valence-electron chi connectivity index (χ3n) is 6.77. The lowest BCUT2D eigenvalue weighted by Gasteiger charge is -2.39. The Bertz CT molecular complexity index is 994. The van der Waals surface area contributed by atoms with Crippen molar-refractivity contribution in [2.45, 2.75) is 58.9 Å². The number of benzene rings is 2. The Morgan fingerprint density at radius 3 is 2.64 bits per heavy atom. The number of carbonyl (C=O) groups excluding carboxylic acids is 2. The molecule has 0 radical (unpaired) electrons. The fourth-order valence-corrected chi connectivity index (χ4v) is 5.05. The lowest BCUT2D eigenvalue weighted by molar-refractivity contribution is -0.137. The van der Waals surface area contributed by atoms with Gasteiger partial charge >= 0.3 is 0 Å². The van der Waals surface area contributed by atoms with Gasteiger partial charge in [-0.25, -0.2) is 0 Å². The number of carbonyl (C=O) groups is 2. The van der Waals surface area contributed by atoms with Crippen LogP contribution < -0.4 is 10.1 Å². The number of aryl methyl sites for hydroxylation is 1. The van der Waals surface area contributed by atoms with Gasteiger partial charge in [0, 0.05) is 19.0 Å². The minimum atomic E-state index is -0.125. The van der Waals surface area contributed by atoms with Crippen LogP contribution >= 0.6 is 0 Å². The molecule has 2 aliphatic rings. The molecule has 33 heavy (non-hydrogen) atoms. The van der Waals surface area contributed by atoms with Crippen molar-refractivity contribution in [1.29, 1.82) is 0 Å². The second kappa shape index (κ2) is 10.4. The van der Waals surface area contributed by atoms with Crippen LogP contribution in [0.5, 0.6) is 5.75 Å². The highest BCUT2D eigenvalue weighted by Gasteiger charge is 2.36. The SMILES string of the molecule is Cc1cccc(C2c3cc(OCC(=O)NCC(C)C)ccc3CCN2C(=O)C2CCCC2)c1. The highest BCUT2D eigenvalue weighted by molar-refractivity contribution is 5.80. The van der Waals surface area contributed by atoms with Gasteiger partial charge in [0.2, 0.25) is 5.91 Å². The molecule has 1 unspecified atom stereocenters. The van der Waals surface area contributed by atoms with Crippen LogP contribution in [0.25, 0.3) is 0 Å². The number of hydrogen-bond acceptors (Lipinski definition) is 3. The van der Waals surface area contributed by atoms with Crippen LogP contribution in [-0.2, 0) is 16.0 Å². The largest absolute Gasteiger partial charge is 0.484 e. The van der Waals surface area contributed by atoms with Crippen LogP contribution in [0.1, 0.15) is 67.8 Å². The van der Waals surface area contributed by atoms with Crippen molar-refractivity contribution in [2.24, 2.45) is 11.8 Å². The van der Waals surface area contributed by atoms with Gasteiger partial charge in [-0.05, 0) is 60.9 Å². The van der Waals surface area contributed by atoms with Crippen LogP contribution in [0.3, 0.4) is 0 Å². The summed E-state index contributed by atoms with van der Waals surface area (Å²) in [6, 6.07) is 14.4. The summed E-state index contributed by atoms with van der Waals surface area (Å²) in [5.41, 5.74) is 4.67. The molecule has 1 saturated carbocycles. The van der Waals surface area contributed by atoms with Crippen LogP contribution in [-0.4, -0.2) is 36.4 Å². The van der Waals surface area contributed by atoms with Crippen LogP contribution in [0, 0.1) is 18.8 Å². The van der Waals surface area contributed by atoms with Crippen molar-refractivity contribution < 1.29 is 14.3 Å². The zero-order valence-electron chi connectivity index (χ0n) is 20.1. The highest BCUT2D eigenvalue weighted by Crippen LogP contribution is 2.39. The Balaban J connectivity index is 1.61. The van der Waals surface area contributed by atoms with Gasteiger partial charge in [0.25, 0.3) is 5.91 Å². The third kappa shape index (κ3) is 5.58.